The van der Waals surface area contributed by atoms with Crippen LogP contribution in [0.3, 0.4) is 0 Å². The van der Waals surface area contributed by atoms with Gasteiger partial charge in [0.2, 0.25) is 0 Å². The summed E-state index contributed by atoms with van der Waals surface area (Å²) >= 11 is 6.12. The summed E-state index contributed by atoms with van der Waals surface area (Å²) in [4.78, 5) is 16.2. The van der Waals surface area contributed by atoms with Crippen LogP contribution in [0.2, 0.25) is 5.02 Å². The highest BCUT2D eigenvalue weighted by Crippen LogP contribution is 2.27. The van der Waals surface area contributed by atoms with Gasteiger partial charge in [0.1, 0.15) is 11.9 Å². The number of hydrogen-bond acceptors (Lipinski definition) is 4. The largest absolute Gasteiger partial charge is 0.486 e. The fourth-order valence-corrected chi connectivity index (χ4v) is 1.89. The molecule has 0 bridgehead atoms. The van der Waals surface area contributed by atoms with Crippen LogP contribution in [0.5, 0.6) is 5.75 Å². The van der Waals surface area contributed by atoms with Crippen LogP contribution >= 0.6 is 11.6 Å². The van der Waals surface area contributed by atoms with Crippen molar-refractivity contribution in [3.8, 4) is 5.75 Å². The van der Waals surface area contributed by atoms with Gasteiger partial charge >= 0.3 is 6.15 Å². The van der Waals surface area contributed by atoms with Crippen LogP contribution in [0, 0.1) is 0 Å². The molecule has 0 saturated carbocycles. The molecule has 1 fully saturated rings. The van der Waals surface area contributed by atoms with E-state index in [9.17, 15) is 0 Å². The van der Waals surface area contributed by atoms with Gasteiger partial charge in [0.05, 0.1) is 18.2 Å². The summed E-state index contributed by atoms with van der Waals surface area (Å²) in [5, 5.41) is 0.696. The van der Waals surface area contributed by atoms with Gasteiger partial charge in [-0.2, -0.15) is 9.59 Å². The van der Waals surface area contributed by atoms with E-state index in [1.807, 2.05) is 12.1 Å². The number of benzene rings is 1. The van der Waals surface area contributed by atoms with Crippen LogP contribution in [0.1, 0.15) is 18.9 Å². The van der Waals surface area contributed by atoms with Gasteiger partial charge in [0, 0.05) is 6.42 Å². The quantitative estimate of drug-likeness (QED) is 0.847. The lowest BCUT2D eigenvalue weighted by atomic mass is 10.2. The van der Waals surface area contributed by atoms with Crippen LogP contribution in [-0.2, 0) is 20.7 Å². The van der Waals surface area contributed by atoms with Gasteiger partial charge in [-0.25, -0.2) is 0 Å². The fourth-order valence-electron chi connectivity index (χ4n) is 1.65. The van der Waals surface area contributed by atoms with E-state index in [-0.39, 0.29) is 12.3 Å². The van der Waals surface area contributed by atoms with Gasteiger partial charge in [0.15, 0.2) is 0 Å². The van der Waals surface area contributed by atoms with Gasteiger partial charge in [-0.15, -0.1) is 0 Å². The smallest absolute Gasteiger partial charge is 0.373 e. The average Bonchev–Trinajstić information content (AvgIpc) is 2.85. The molecule has 0 spiro atoms. The Hall–Kier alpha value is -1.35. The third-order valence-corrected chi connectivity index (χ3v) is 2.88. The summed E-state index contributed by atoms with van der Waals surface area (Å²) in [6, 6.07) is 5.96. The van der Waals surface area contributed by atoms with Crippen LogP contribution in [0.15, 0.2) is 18.2 Å². The molecular weight excluding hydrogens is 256 g/mol. The highest BCUT2D eigenvalue weighted by atomic mass is 35.5. The number of carbonyl (C=O) groups excluding carboxylic acids is 2. The van der Waals surface area contributed by atoms with E-state index in [2.05, 4.69) is 13.0 Å². The minimum atomic E-state index is 0.162. The van der Waals surface area contributed by atoms with Crippen molar-refractivity contribution in [2.45, 2.75) is 25.9 Å². The van der Waals surface area contributed by atoms with E-state index in [1.54, 1.807) is 0 Å². The lowest BCUT2D eigenvalue weighted by Crippen LogP contribution is -2.15. The third-order valence-electron chi connectivity index (χ3n) is 2.59. The minimum absolute atomic E-state index is 0.162. The van der Waals surface area contributed by atoms with E-state index in [1.165, 1.54) is 5.56 Å². The molecule has 4 nitrogen and oxygen atoms in total. The molecule has 1 unspecified atom stereocenters. The molecule has 1 aromatic rings. The molecule has 0 radical (unpaired) electrons. The molecule has 0 amide bonds. The average molecular weight is 271 g/mol. The van der Waals surface area contributed by atoms with Gasteiger partial charge < -0.3 is 9.47 Å². The van der Waals surface area contributed by atoms with Crippen LogP contribution in [-0.4, -0.2) is 25.5 Å². The maximum absolute atomic E-state index is 8.12. The predicted octanol–water partition coefficient (Wildman–Crippen LogP) is 2.49. The summed E-state index contributed by atoms with van der Waals surface area (Å²) in [5.74, 6) is 0.768. The first-order valence-electron chi connectivity index (χ1n) is 5.73. The van der Waals surface area contributed by atoms with Crippen molar-refractivity contribution in [2.24, 2.45) is 0 Å². The van der Waals surface area contributed by atoms with Gasteiger partial charge in [-0.1, -0.05) is 24.6 Å². The summed E-state index contributed by atoms with van der Waals surface area (Å²) in [5.41, 5.74) is 1.23. The predicted molar refractivity (Wildman–Crippen MR) is 65.7 cm³/mol. The zero-order valence-electron chi connectivity index (χ0n) is 10.1. The van der Waals surface area contributed by atoms with Crippen molar-refractivity contribution in [2.75, 3.05) is 13.2 Å². The summed E-state index contributed by atoms with van der Waals surface area (Å²) in [6.45, 7) is 3.57. The van der Waals surface area contributed by atoms with E-state index in [0.29, 0.717) is 11.6 Å². The SMILES string of the molecule is CCc1ccc(OC2CCOC2)c(Cl)c1.O=C=O. The number of aryl methyl sites for hydroxylation is 1. The normalized spacial score (nSPS) is 17.6. The van der Waals surface area contributed by atoms with Gasteiger partial charge in [-0.05, 0) is 24.1 Å². The second-order valence-electron chi connectivity index (χ2n) is 3.81. The minimum Gasteiger partial charge on any atom is -0.486 e. The topological polar surface area (TPSA) is 52.6 Å². The maximum Gasteiger partial charge on any atom is 0.373 e. The van der Waals surface area contributed by atoms with Crippen molar-refractivity contribution in [3.05, 3.63) is 28.8 Å². The molecule has 1 atom stereocenters. The Morgan fingerprint density at radius 1 is 1.50 bits per heavy atom. The zero-order chi connectivity index (χ0) is 13.4. The summed E-state index contributed by atoms with van der Waals surface area (Å²) in [6.07, 6.45) is 2.35. The highest BCUT2D eigenvalue weighted by molar-refractivity contribution is 6.32. The van der Waals surface area contributed by atoms with Crippen LogP contribution < -0.4 is 4.74 Å². The molecule has 1 heterocycles. The molecule has 1 aliphatic rings. The van der Waals surface area contributed by atoms with E-state index in [4.69, 9.17) is 30.7 Å². The zero-order valence-corrected chi connectivity index (χ0v) is 10.9. The Balaban J connectivity index is 0.000000492. The Morgan fingerprint density at radius 2 is 2.22 bits per heavy atom. The molecule has 1 aliphatic heterocycles. The van der Waals surface area contributed by atoms with Crippen molar-refractivity contribution in [1.29, 1.82) is 0 Å². The second-order valence-corrected chi connectivity index (χ2v) is 4.21. The Labute approximate surface area is 111 Å². The summed E-state index contributed by atoms with van der Waals surface area (Å²) in [7, 11) is 0. The molecule has 98 valence electrons. The van der Waals surface area contributed by atoms with Crippen LogP contribution in [0.4, 0.5) is 0 Å². The molecule has 18 heavy (non-hydrogen) atoms. The summed E-state index contributed by atoms with van der Waals surface area (Å²) < 4.78 is 11.0. The molecular formula is C13H15ClO4. The third kappa shape index (κ3) is 4.49. The fraction of sp³-hybridized carbons (Fsp3) is 0.462. The van der Waals surface area contributed by atoms with Crippen molar-refractivity contribution in [1.82, 2.24) is 0 Å². The lowest BCUT2D eigenvalue weighted by molar-refractivity contribution is -0.191. The Morgan fingerprint density at radius 3 is 2.72 bits per heavy atom. The molecule has 2 rings (SSSR count). The van der Waals surface area contributed by atoms with Crippen molar-refractivity contribution >= 4 is 17.8 Å². The van der Waals surface area contributed by atoms with Gasteiger partial charge in [-0.3, -0.25) is 0 Å². The molecule has 1 saturated heterocycles. The van der Waals surface area contributed by atoms with Gasteiger partial charge in [0.25, 0.3) is 0 Å². The Kier molecular flexibility index (Phi) is 6.44. The second kappa shape index (κ2) is 7.88. The first kappa shape index (κ1) is 14.7. The first-order valence-corrected chi connectivity index (χ1v) is 6.11. The molecule has 0 N–H and O–H groups in total. The highest BCUT2D eigenvalue weighted by Gasteiger charge is 2.18. The molecule has 0 aliphatic carbocycles. The van der Waals surface area contributed by atoms with E-state index < -0.39 is 0 Å². The first-order chi connectivity index (χ1) is 8.71. The van der Waals surface area contributed by atoms with E-state index >= 15 is 0 Å². The molecule has 0 aromatic heterocycles. The number of rotatable bonds is 3. The number of halogens is 1. The van der Waals surface area contributed by atoms with Crippen molar-refractivity contribution < 1.29 is 19.1 Å². The number of ether oxygens (including phenoxy) is 2. The van der Waals surface area contributed by atoms with Crippen molar-refractivity contribution in [3.63, 3.8) is 0 Å². The number of hydrogen-bond donors (Lipinski definition) is 0. The standard InChI is InChI=1S/C12H15ClO2.CO2/c1-2-9-3-4-12(11(13)7-9)15-10-5-6-14-8-10;2-1-3/h3-4,7,10H,2,5-6,8H2,1H3;. The Bertz CT molecular complexity index is 407. The maximum atomic E-state index is 8.12. The van der Waals surface area contributed by atoms with Crippen LogP contribution in [0.25, 0.3) is 0 Å². The lowest BCUT2D eigenvalue weighted by Gasteiger charge is -2.13. The van der Waals surface area contributed by atoms with E-state index in [0.717, 1.165) is 25.2 Å². The molecule has 5 heteroatoms. The molecule has 1 aromatic carbocycles. The monoisotopic (exact) mass is 270 g/mol.